The maximum absolute atomic E-state index is 13.0. The molecule has 0 aromatic heterocycles. The maximum Gasteiger partial charge on any atom is 0.323 e. The number of benzene rings is 6. The normalized spacial score (nSPS) is 12.3. The number of nitrogens with one attached hydrogen (secondary N) is 2. The molecule has 0 atom stereocenters. The largest absolute Gasteiger partial charge is 0.505 e. The van der Waals surface area contributed by atoms with Crippen molar-refractivity contribution in [1.29, 1.82) is 0 Å². The van der Waals surface area contributed by atoms with Gasteiger partial charge in [0.25, 0.3) is 30.4 Å². The first-order chi connectivity index (χ1) is 25.8. The number of carbonyl (C=O) groups is 1. The quantitative estimate of drug-likeness (QED) is 0.0422. The number of phenolic OH excluding ortho intramolecular Hbond substituents is 2. The number of azo groups is 2. The van der Waals surface area contributed by atoms with Crippen LogP contribution in [0.5, 0.6) is 11.5 Å². The number of aromatic hydroxyl groups is 2. The molecule has 0 fully saturated rings. The molecule has 0 spiro atoms. The SMILES string of the molecule is Cc1cc(S(=O)(=O)O)ccc1N=Nc1c(S(=O)(=O)O)cc2cc(NC(=O)Nc3ccc4c(O)c(N=Nc5ccccc5)c(S(=O)(=O)O)cc4c3)ccc2c1O.[Na]. The number of urea groups is 1. The van der Waals surface area contributed by atoms with Crippen molar-refractivity contribution < 1.29 is 53.9 Å². The summed E-state index contributed by atoms with van der Waals surface area (Å²) in [4.78, 5) is 11.0. The van der Waals surface area contributed by atoms with Crippen molar-refractivity contribution in [3.05, 3.63) is 103 Å². The van der Waals surface area contributed by atoms with Gasteiger partial charge in [0.15, 0.2) is 11.5 Å². The van der Waals surface area contributed by atoms with Crippen molar-refractivity contribution >= 4 is 122 Å². The van der Waals surface area contributed by atoms with Crippen LogP contribution < -0.4 is 10.6 Å². The smallest absolute Gasteiger partial charge is 0.323 e. The van der Waals surface area contributed by atoms with Gasteiger partial charge < -0.3 is 20.8 Å². The fraction of sp³-hybridized carbons (Fsp3) is 0.0294. The molecule has 22 heteroatoms. The van der Waals surface area contributed by atoms with E-state index in [4.69, 9.17) is 0 Å². The van der Waals surface area contributed by atoms with Gasteiger partial charge in [0.05, 0.1) is 16.3 Å². The summed E-state index contributed by atoms with van der Waals surface area (Å²) in [6.45, 7) is 1.44. The number of rotatable bonds is 9. The van der Waals surface area contributed by atoms with Gasteiger partial charge in [0, 0.05) is 51.7 Å². The summed E-state index contributed by atoms with van der Waals surface area (Å²) < 4.78 is 101. The average molecular weight is 830 g/mol. The van der Waals surface area contributed by atoms with E-state index in [1.807, 2.05) is 0 Å². The topological polar surface area (TPSA) is 294 Å². The zero-order valence-electron chi connectivity index (χ0n) is 28.8. The molecule has 1 radical (unpaired) electrons. The summed E-state index contributed by atoms with van der Waals surface area (Å²) in [5.74, 6) is -1.30. The van der Waals surface area contributed by atoms with Crippen LogP contribution >= 0.6 is 0 Å². The van der Waals surface area contributed by atoms with Crippen LogP contribution in [0.3, 0.4) is 0 Å². The van der Waals surface area contributed by atoms with Crippen molar-refractivity contribution in [2.45, 2.75) is 21.6 Å². The Balaban J connectivity index is 0.00000600. The molecule has 6 rings (SSSR count). The molecule has 7 N–H and O–H groups in total. The first kappa shape index (κ1) is 41.8. The van der Waals surface area contributed by atoms with E-state index >= 15 is 0 Å². The number of carbonyl (C=O) groups excluding carboxylic acids is 1. The molecule has 6 aromatic rings. The number of hydrogen-bond acceptors (Lipinski definition) is 13. The number of amides is 2. The summed E-state index contributed by atoms with van der Waals surface area (Å²) in [5, 5.41) is 42.7. The molecule has 0 unspecified atom stereocenters. The molecule has 0 bridgehead atoms. The van der Waals surface area contributed by atoms with E-state index in [0.29, 0.717) is 5.69 Å². The van der Waals surface area contributed by atoms with E-state index < -0.39 is 73.9 Å². The van der Waals surface area contributed by atoms with E-state index in [1.165, 1.54) is 49.4 Å². The van der Waals surface area contributed by atoms with Crippen LogP contribution in [0, 0.1) is 6.92 Å². The molecule has 283 valence electrons. The van der Waals surface area contributed by atoms with Crippen LogP contribution in [0.25, 0.3) is 21.5 Å². The molecule has 2 amide bonds. The number of fused-ring (bicyclic) bond motifs is 2. The fourth-order valence-corrected chi connectivity index (χ4v) is 7.23. The van der Waals surface area contributed by atoms with Crippen LogP contribution in [0.4, 0.5) is 38.9 Å². The Morgan fingerprint density at radius 3 is 1.50 bits per heavy atom. The second-order valence-corrected chi connectivity index (χ2v) is 15.9. The number of nitrogens with zero attached hydrogens (tertiary/aromatic N) is 4. The summed E-state index contributed by atoms with van der Waals surface area (Å²) in [6.07, 6.45) is 0. The van der Waals surface area contributed by atoms with E-state index in [1.54, 1.807) is 30.3 Å². The van der Waals surface area contributed by atoms with E-state index in [9.17, 15) is 53.9 Å². The summed E-state index contributed by atoms with van der Waals surface area (Å²) >= 11 is 0. The maximum atomic E-state index is 13.0. The molecule has 0 saturated heterocycles. The third-order valence-corrected chi connectivity index (χ3v) is 10.5. The van der Waals surface area contributed by atoms with Gasteiger partial charge in [-0.25, -0.2) is 4.79 Å². The summed E-state index contributed by atoms with van der Waals surface area (Å²) in [6, 6.07) is 20.8. The molecule has 56 heavy (non-hydrogen) atoms. The van der Waals surface area contributed by atoms with Crippen LogP contribution in [-0.4, -0.2) is 84.7 Å². The van der Waals surface area contributed by atoms with Gasteiger partial charge in [-0.1, -0.05) is 18.2 Å². The van der Waals surface area contributed by atoms with Gasteiger partial charge in [-0.05, 0) is 102 Å². The summed E-state index contributed by atoms with van der Waals surface area (Å²) in [7, 11) is -14.4. The van der Waals surface area contributed by atoms with Gasteiger partial charge >= 0.3 is 6.03 Å². The molecule has 0 heterocycles. The zero-order chi connectivity index (χ0) is 39.9. The van der Waals surface area contributed by atoms with Crippen LogP contribution in [0.15, 0.2) is 132 Å². The number of phenols is 2. The standard InChI is InChI=1S/C34H26N6O12S3.Na/c1-18-13-24(53(44,45)46)9-12-27(18)38-40-31-29(55(50,51)52)17-20-15-23(8-11-26(20)33(31)42)36-34(43)35-22-7-10-25-19(14-22)16-28(54(47,48)49)30(32(25)41)39-37-21-5-3-2-4-6-21;/h2-17,41-42H,1H3,(H2,35,36,43)(H,44,45,46)(H,47,48,49)(H,50,51,52);. The minimum absolute atomic E-state index is 0. The number of aryl methyl sites for hydroxylation is 1. The van der Waals surface area contributed by atoms with Crippen molar-refractivity contribution in [3.8, 4) is 11.5 Å². The predicted molar refractivity (Wildman–Crippen MR) is 205 cm³/mol. The second kappa shape index (κ2) is 16.0. The molecular weight excluding hydrogens is 804 g/mol. The first-order valence-electron chi connectivity index (χ1n) is 15.4. The van der Waals surface area contributed by atoms with Crippen LogP contribution in [-0.2, 0) is 30.4 Å². The Labute approximate surface area is 340 Å². The molecule has 0 saturated carbocycles. The van der Waals surface area contributed by atoms with E-state index in [-0.39, 0.29) is 73.7 Å². The van der Waals surface area contributed by atoms with Crippen molar-refractivity contribution in [1.82, 2.24) is 0 Å². The predicted octanol–water partition coefficient (Wildman–Crippen LogP) is 7.55. The monoisotopic (exact) mass is 829 g/mol. The molecule has 0 aliphatic heterocycles. The van der Waals surface area contributed by atoms with Crippen molar-refractivity contribution in [2.24, 2.45) is 20.5 Å². The minimum atomic E-state index is -5.03. The number of hydrogen-bond donors (Lipinski definition) is 7. The average Bonchev–Trinajstić information content (AvgIpc) is 3.10. The minimum Gasteiger partial charge on any atom is -0.505 e. The van der Waals surface area contributed by atoms with E-state index in [2.05, 4.69) is 31.1 Å². The van der Waals surface area contributed by atoms with Crippen LogP contribution in [0.1, 0.15) is 5.56 Å². The van der Waals surface area contributed by atoms with Crippen molar-refractivity contribution in [2.75, 3.05) is 10.6 Å². The van der Waals surface area contributed by atoms with Gasteiger partial charge in [-0.15, -0.1) is 10.2 Å². The molecule has 18 nitrogen and oxygen atoms in total. The summed E-state index contributed by atoms with van der Waals surface area (Å²) in [5.41, 5.74) is -0.306. The fourth-order valence-electron chi connectivity index (χ4n) is 5.35. The first-order valence-corrected chi connectivity index (χ1v) is 19.7. The Bertz CT molecular complexity index is 2970. The van der Waals surface area contributed by atoms with Gasteiger partial charge in [0.1, 0.15) is 21.2 Å². The Hall–Kier alpha value is -5.36. The molecule has 6 aromatic carbocycles. The van der Waals surface area contributed by atoms with Crippen LogP contribution in [0.2, 0.25) is 0 Å². The Morgan fingerprint density at radius 1 is 0.571 bits per heavy atom. The van der Waals surface area contributed by atoms with Crippen molar-refractivity contribution in [3.63, 3.8) is 0 Å². The number of anilines is 2. The zero-order valence-corrected chi connectivity index (χ0v) is 33.3. The third kappa shape index (κ3) is 9.18. The Morgan fingerprint density at radius 2 is 1.05 bits per heavy atom. The molecule has 0 aliphatic carbocycles. The van der Waals surface area contributed by atoms with Gasteiger partial charge in [-0.2, -0.15) is 35.5 Å². The Kier molecular flexibility index (Phi) is 12.0. The van der Waals surface area contributed by atoms with Gasteiger partial charge in [0.2, 0.25) is 0 Å². The third-order valence-electron chi connectivity index (χ3n) is 7.92. The van der Waals surface area contributed by atoms with Gasteiger partial charge in [-0.3, -0.25) is 13.7 Å². The molecule has 0 aliphatic rings. The second-order valence-electron chi connectivity index (χ2n) is 11.7. The molecular formula is C34H26N6NaO12S3. The van der Waals surface area contributed by atoms with E-state index in [0.717, 1.165) is 24.3 Å².